The fourth-order valence-electron chi connectivity index (χ4n) is 2.97. The highest BCUT2D eigenvalue weighted by molar-refractivity contribution is 7.59. The van der Waals surface area contributed by atoms with Gasteiger partial charge in [0.25, 0.3) is 0 Å². The smallest absolute Gasteiger partial charge is 0.242 e. The van der Waals surface area contributed by atoms with E-state index in [4.69, 9.17) is 5.73 Å². The third-order valence-electron chi connectivity index (χ3n) is 4.30. The van der Waals surface area contributed by atoms with Crippen molar-refractivity contribution in [3.63, 3.8) is 0 Å². The minimum absolute atomic E-state index is 0. The van der Waals surface area contributed by atoms with E-state index in [1.54, 1.807) is 4.90 Å². The first kappa shape index (κ1) is 22.2. The van der Waals surface area contributed by atoms with Crippen LogP contribution in [0, 0.1) is 0 Å². The largest absolute Gasteiger partial charge is 0.354 e. The molecule has 5 nitrogen and oxygen atoms in total. The number of nitrogens with zero attached hydrogens (tertiary/aromatic N) is 1. The average molecular weight is 346 g/mol. The first-order valence-electron chi connectivity index (χ1n) is 8.98. The van der Waals surface area contributed by atoms with Crippen LogP contribution in [0.4, 0.5) is 0 Å². The van der Waals surface area contributed by atoms with Crippen LogP contribution in [0.25, 0.3) is 0 Å². The third-order valence-corrected chi connectivity index (χ3v) is 4.30. The molecule has 1 atom stereocenters. The molecule has 1 aliphatic heterocycles. The van der Waals surface area contributed by atoms with E-state index in [0.717, 1.165) is 38.6 Å². The Hall–Kier alpha value is -0.750. The number of unbranched alkanes of at least 4 members (excludes halogenated alkanes) is 5. The first-order chi connectivity index (χ1) is 10.7. The Labute approximate surface area is 148 Å². The number of hydrogen-bond acceptors (Lipinski definition) is 3. The van der Waals surface area contributed by atoms with Crippen molar-refractivity contribution < 1.29 is 9.59 Å². The Morgan fingerprint density at radius 2 is 1.83 bits per heavy atom. The molecule has 1 aliphatic rings. The third kappa shape index (κ3) is 8.61. The van der Waals surface area contributed by atoms with Crippen molar-refractivity contribution in [3.05, 3.63) is 0 Å². The predicted molar refractivity (Wildman–Crippen MR) is 99.8 cm³/mol. The van der Waals surface area contributed by atoms with Gasteiger partial charge in [-0.1, -0.05) is 39.0 Å². The second-order valence-corrected chi connectivity index (χ2v) is 6.20. The number of hydrogen-bond donors (Lipinski definition) is 2. The molecular formula is C17H35N3O2S. The molecule has 1 heterocycles. The summed E-state index contributed by atoms with van der Waals surface area (Å²) in [4.78, 5) is 26.2. The summed E-state index contributed by atoms with van der Waals surface area (Å²) in [5.74, 6) is 0.134. The number of rotatable bonds is 11. The Morgan fingerprint density at radius 3 is 2.52 bits per heavy atom. The second-order valence-electron chi connectivity index (χ2n) is 6.20. The molecule has 0 saturated carbocycles. The molecule has 1 fully saturated rings. The number of carbonyl (C=O) groups is 2. The molecule has 0 bridgehead atoms. The summed E-state index contributed by atoms with van der Waals surface area (Å²) in [7, 11) is 0. The maximum atomic E-state index is 12.3. The predicted octanol–water partition coefficient (Wildman–Crippen LogP) is 2.31. The van der Waals surface area contributed by atoms with Gasteiger partial charge < -0.3 is 16.0 Å². The number of amides is 2. The van der Waals surface area contributed by atoms with Crippen molar-refractivity contribution in [1.29, 1.82) is 0 Å². The number of likely N-dealkylation sites (tertiary alicyclic amines) is 1. The first-order valence-corrected chi connectivity index (χ1v) is 8.98. The maximum Gasteiger partial charge on any atom is 0.242 e. The van der Waals surface area contributed by atoms with Gasteiger partial charge in [0.2, 0.25) is 11.8 Å². The molecule has 136 valence electrons. The van der Waals surface area contributed by atoms with E-state index in [9.17, 15) is 9.59 Å². The van der Waals surface area contributed by atoms with Crippen molar-refractivity contribution >= 4 is 25.3 Å². The summed E-state index contributed by atoms with van der Waals surface area (Å²) >= 11 is 0. The van der Waals surface area contributed by atoms with Crippen LogP contribution in [0.5, 0.6) is 0 Å². The number of nitrogens with one attached hydrogen (secondary N) is 1. The van der Waals surface area contributed by atoms with E-state index in [1.165, 1.54) is 25.7 Å². The van der Waals surface area contributed by atoms with Crippen molar-refractivity contribution in [2.75, 3.05) is 19.6 Å². The van der Waals surface area contributed by atoms with Crippen LogP contribution in [0.15, 0.2) is 0 Å². The number of carbonyl (C=O) groups excluding carboxylic acids is 2. The van der Waals surface area contributed by atoms with Gasteiger partial charge in [-0.15, -0.1) is 0 Å². The van der Waals surface area contributed by atoms with E-state index in [1.807, 2.05) is 0 Å². The summed E-state index contributed by atoms with van der Waals surface area (Å²) in [6, 6.07) is -0.259. The number of nitrogens with two attached hydrogens (primary N) is 1. The molecule has 1 rings (SSSR count). The molecule has 0 spiro atoms. The minimum Gasteiger partial charge on any atom is -0.354 e. The highest BCUT2D eigenvalue weighted by atomic mass is 32.1. The van der Waals surface area contributed by atoms with Gasteiger partial charge in [-0.2, -0.15) is 13.5 Å². The summed E-state index contributed by atoms with van der Waals surface area (Å²) in [5, 5.41) is 2.89. The van der Waals surface area contributed by atoms with E-state index in [0.29, 0.717) is 19.5 Å². The lowest BCUT2D eigenvalue weighted by molar-refractivity contribution is -0.138. The highest BCUT2D eigenvalue weighted by Gasteiger charge is 2.33. The Balaban J connectivity index is 0.00000484. The van der Waals surface area contributed by atoms with E-state index in [2.05, 4.69) is 12.2 Å². The molecule has 0 aromatic heterocycles. The normalized spacial score (nSPS) is 17.0. The Bertz CT molecular complexity index is 340. The monoisotopic (exact) mass is 345 g/mol. The topological polar surface area (TPSA) is 75.4 Å². The zero-order valence-electron chi connectivity index (χ0n) is 14.6. The van der Waals surface area contributed by atoms with Crippen LogP contribution in [0.3, 0.4) is 0 Å². The van der Waals surface area contributed by atoms with E-state index in [-0.39, 0.29) is 31.4 Å². The van der Waals surface area contributed by atoms with Crippen LogP contribution < -0.4 is 11.1 Å². The van der Waals surface area contributed by atoms with E-state index < -0.39 is 0 Å². The Morgan fingerprint density at radius 1 is 1.13 bits per heavy atom. The zero-order valence-corrected chi connectivity index (χ0v) is 15.6. The summed E-state index contributed by atoms with van der Waals surface area (Å²) in [6.07, 6.45) is 10.1. The molecule has 0 aliphatic carbocycles. The summed E-state index contributed by atoms with van der Waals surface area (Å²) in [5.41, 5.74) is 5.43. The summed E-state index contributed by atoms with van der Waals surface area (Å²) in [6.45, 7) is 4.11. The summed E-state index contributed by atoms with van der Waals surface area (Å²) < 4.78 is 0. The molecule has 23 heavy (non-hydrogen) atoms. The van der Waals surface area contributed by atoms with Crippen LogP contribution in [0.1, 0.15) is 71.1 Å². The maximum absolute atomic E-state index is 12.3. The molecule has 1 unspecified atom stereocenters. The lowest BCUT2D eigenvalue weighted by atomic mass is 10.1. The quantitative estimate of drug-likeness (QED) is 0.564. The van der Waals surface area contributed by atoms with Gasteiger partial charge in [0.1, 0.15) is 6.04 Å². The van der Waals surface area contributed by atoms with Crippen LogP contribution in [-0.4, -0.2) is 42.4 Å². The van der Waals surface area contributed by atoms with E-state index >= 15 is 0 Å². The molecular weight excluding hydrogens is 310 g/mol. The fraction of sp³-hybridized carbons (Fsp3) is 0.882. The second kappa shape index (κ2) is 13.7. The van der Waals surface area contributed by atoms with Gasteiger partial charge in [-0.25, -0.2) is 0 Å². The van der Waals surface area contributed by atoms with Crippen LogP contribution in [0.2, 0.25) is 0 Å². The van der Waals surface area contributed by atoms with Crippen LogP contribution in [-0.2, 0) is 9.59 Å². The van der Waals surface area contributed by atoms with Gasteiger partial charge in [0.15, 0.2) is 0 Å². The molecule has 6 heteroatoms. The molecule has 0 aromatic carbocycles. The lowest BCUT2D eigenvalue weighted by Crippen LogP contribution is -2.46. The zero-order chi connectivity index (χ0) is 16.2. The van der Waals surface area contributed by atoms with Crippen molar-refractivity contribution in [2.24, 2.45) is 5.73 Å². The fourth-order valence-corrected chi connectivity index (χ4v) is 2.97. The standard InChI is InChI=1S/C17H33N3O2.H2S/c1-2-3-4-5-6-7-11-16(21)20-14-8-10-15(20)17(22)19-13-9-12-18;/h15H,2-14,18H2,1H3,(H,19,22);1H2. The van der Waals surface area contributed by atoms with Gasteiger partial charge in [0.05, 0.1) is 0 Å². The molecule has 3 N–H and O–H groups in total. The van der Waals surface area contributed by atoms with Gasteiger partial charge >= 0.3 is 0 Å². The molecule has 0 aromatic rings. The molecule has 1 saturated heterocycles. The van der Waals surface area contributed by atoms with Crippen molar-refractivity contribution in [2.45, 2.75) is 77.2 Å². The van der Waals surface area contributed by atoms with Gasteiger partial charge in [-0.05, 0) is 32.2 Å². The van der Waals surface area contributed by atoms with Crippen molar-refractivity contribution in [3.8, 4) is 0 Å². The van der Waals surface area contributed by atoms with Gasteiger partial charge in [-0.3, -0.25) is 9.59 Å². The Kier molecular flexibility index (Phi) is 13.2. The lowest BCUT2D eigenvalue weighted by Gasteiger charge is -2.24. The van der Waals surface area contributed by atoms with Crippen LogP contribution >= 0.6 is 13.5 Å². The average Bonchev–Trinajstić information content (AvgIpc) is 3.00. The van der Waals surface area contributed by atoms with Crippen molar-refractivity contribution in [1.82, 2.24) is 10.2 Å². The molecule has 2 amide bonds. The molecule has 0 radical (unpaired) electrons. The SMILES string of the molecule is CCCCCCCCC(=O)N1CCCC1C(=O)NCCCN.S. The van der Waals surface area contributed by atoms with Gasteiger partial charge in [0, 0.05) is 19.5 Å². The highest BCUT2D eigenvalue weighted by Crippen LogP contribution is 2.19. The minimum atomic E-state index is -0.259.